The van der Waals surface area contributed by atoms with E-state index in [1.807, 2.05) is 32.2 Å². The molecular formula is C23H24N2O. The van der Waals surface area contributed by atoms with Gasteiger partial charge in [-0.15, -0.1) is 6.42 Å². The zero-order valence-corrected chi connectivity index (χ0v) is 16.0. The summed E-state index contributed by atoms with van der Waals surface area (Å²) in [6.07, 6.45) is 7.48. The van der Waals surface area contributed by atoms with Crippen molar-refractivity contribution in [3.63, 3.8) is 0 Å². The number of pyridine rings is 1. The van der Waals surface area contributed by atoms with Gasteiger partial charge in [-0.3, -0.25) is 4.98 Å². The van der Waals surface area contributed by atoms with Crippen LogP contribution in [0.15, 0.2) is 47.8 Å². The molecule has 1 aliphatic rings. The Labute approximate surface area is 155 Å². The van der Waals surface area contributed by atoms with Crippen LogP contribution < -0.4 is 10.1 Å². The van der Waals surface area contributed by atoms with E-state index in [4.69, 9.17) is 11.2 Å². The Kier molecular flexibility index (Phi) is 4.61. The minimum Gasteiger partial charge on any atom is -0.496 e. The second-order valence-electron chi connectivity index (χ2n) is 6.79. The predicted octanol–water partition coefficient (Wildman–Crippen LogP) is 5.10. The minimum atomic E-state index is -0.00192. The second kappa shape index (κ2) is 6.72. The SMILES string of the molecule is C#Cc1ccc(C2C(C(=C)C)=C(C)Nc3c(C)cnc(C)c32)c(OC)c1. The molecule has 0 saturated carbocycles. The van der Waals surface area contributed by atoms with Crippen LogP contribution in [-0.4, -0.2) is 12.1 Å². The van der Waals surface area contributed by atoms with E-state index in [0.717, 1.165) is 45.1 Å². The van der Waals surface area contributed by atoms with Gasteiger partial charge >= 0.3 is 0 Å². The lowest BCUT2D eigenvalue weighted by Crippen LogP contribution is -2.21. The molecule has 1 unspecified atom stereocenters. The first kappa shape index (κ1) is 17.8. The standard InChI is InChI=1S/C23H24N2O/c1-8-17-9-10-18(19(11-17)26-7)22-20(13(2)3)16(6)25-23-14(4)12-24-15(5)21(22)23/h1,9-12,22,25H,2H2,3-7H3. The zero-order valence-electron chi connectivity index (χ0n) is 16.0. The van der Waals surface area contributed by atoms with Crippen LogP contribution in [0.1, 0.15) is 47.7 Å². The predicted molar refractivity (Wildman–Crippen MR) is 108 cm³/mol. The zero-order chi connectivity index (χ0) is 19.0. The number of hydrogen-bond donors (Lipinski definition) is 1. The Morgan fingerprint density at radius 1 is 1.31 bits per heavy atom. The van der Waals surface area contributed by atoms with Gasteiger partial charge < -0.3 is 10.1 Å². The second-order valence-corrected chi connectivity index (χ2v) is 6.79. The lowest BCUT2D eigenvalue weighted by molar-refractivity contribution is 0.408. The number of anilines is 1. The molecule has 1 aromatic heterocycles. The van der Waals surface area contributed by atoms with Gasteiger partial charge in [0.05, 0.1) is 7.11 Å². The molecule has 26 heavy (non-hydrogen) atoms. The van der Waals surface area contributed by atoms with Crippen molar-refractivity contribution in [1.29, 1.82) is 0 Å². The molecule has 1 atom stereocenters. The van der Waals surface area contributed by atoms with Crippen LogP contribution in [0.2, 0.25) is 0 Å². The fraction of sp³-hybridized carbons (Fsp3) is 0.261. The van der Waals surface area contributed by atoms with Gasteiger partial charge in [-0.2, -0.15) is 0 Å². The third kappa shape index (κ3) is 2.78. The van der Waals surface area contributed by atoms with Crippen molar-refractivity contribution < 1.29 is 4.74 Å². The number of nitrogens with zero attached hydrogens (tertiary/aromatic N) is 1. The van der Waals surface area contributed by atoms with Crippen molar-refractivity contribution >= 4 is 5.69 Å². The Bertz CT molecular complexity index is 976. The van der Waals surface area contributed by atoms with Crippen LogP contribution in [0.4, 0.5) is 5.69 Å². The van der Waals surface area contributed by atoms with Crippen LogP contribution in [0.3, 0.4) is 0 Å². The summed E-state index contributed by atoms with van der Waals surface area (Å²) in [5, 5.41) is 3.57. The number of benzene rings is 1. The lowest BCUT2D eigenvalue weighted by Gasteiger charge is -2.34. The van der Waals surface area contributed by atoms with Gasteiger partial charge in [-0.05, 0) is 51.0 Å². The first-order chi connectivity index (χ1) is 12.4. The number of terminal acetylenes is 1. The molecule has 3 heteroatoms. The van der Waals surface area contributed by atoms with E-state index >= 15 is 0 Å². The average Bonchev–Trinajstić information content (AvgIpc) is 2.63. The van der Waals surface area contributed by atoms with Crippen molar-refractivity contribution in [2.75, 3.05) is 12.4 Å². The topological polar surface area (TPSA) is 34.2 Å². The molecule has 3 nitrogen and oxygen atoms in total. The summed E-state index contributed by atoms with van der Waals surface area (Å²) >= 11 is 0. The van der Waals surface area contributed by atoms with E-state index in [1.165, 1.54) is 11.1 Å². The number of aromatic nitrogens is 1. The van der Waals surface area contributed by atoms with Crippen molar-refractivity contribution in [3.05, 3.63) is 75.8 Å². The number of allylic oxidation sites excluding steroid dienone is 3. The quantitative estimate of drug-likeness (QED) is 0.787. The van der Waals surface area contributed by atoms with E-state index in [0.29, 0.717) is 0 Å². The van der Waals surface area contributed by atoms with Gasteiger partial charge in [0.25, 0.3) is 0 Å². The summed E-state index contributed by atoms with van der Waals surface area (Å²) in [6.45, 7) is 12.5. The molecule has 132 valence electrons. The van der Waals surface area contributed by atoms with Gasteiger partial charge in [-0.25, -0.2) is 0 Å². The summed E-state index contributed by atoms with van der Waals surface area (Å²) in [6, 6.07) is 5.94. The maximum Gasteiger partial charge on any atom is 0.124 e. The Morgan fingerprint density at radius 3 is 2.65 bits per heavy atom. The first-order valence-corrected chi connectivity index (χ1v) is 8.63. The van der Waals surface area contributed by atoms with Crippen LogP contribution >= 0.6 is 0 Å². The fourth-order valence-corrected chi connectivity index (χ4v) is 3.77. The number of hydrogen-bond acceptors (Lipinski definition) is 3. The van der Waals surface area contributed by atoms with Gasteiger partial charge in [0, 0.05) is 45.9 Å². The highest BCUT2D eigenvalue weighted by Crippen LogP contribution is 2.48. The minimum absolute atomic E-state index is 0.00192. The summed E-state index contributed by atoms with van der Waals surface area (Å²) in [5.41, 5.74) is 9.57. The summed E-state index contributed by atoms with van der Waals surface area (Å²) < 4.78 is 5.70. The molecule has 0 aliphatic carbocycles. The van der Waals surface area contributed by atoms with E-state index in [2.05, 4.69) is 42.7 Å². The van der Waals surface area contributed by atoms with Crippen molar-refractivity contribution in [2.45, 2.75) is 33.6 Å². The van der Waals surface area contributed by atoms with Crippen LogP contribution in [0.25, 0.3) is 0 Å². The monoisotopic (exact) mass is 344 g/mol. The molecule has 2 aromatic rings. The van der Waals surface area contributed by atoms with Gasteiger partial charge in [0.1, 0.15) is 5.75 Å². The number of methoxy groups -OCH3 is 1. The summed E-state index contributed by atoms with van der Waals surface area (Å²) in [4.78, 5) is 4.61. The third-order valence-electron chi connectivity index (χ3n) is 4.97. The molecule has 2 heterocycles. The van der Waals surface area contributed by atoms with Crippen molar-refractivity contribution in [3.8, 4) is 18.1 Å². The normalized spacial score (nSPS) is 15.8. The van der Waals surface area contributed by atoms with E-state index < -0.39 is 0 Å². The van der Waals surface area contributed by atoms with Gasteiger partial charge in [0.2, 0.25) is 0 Å². The number of aryl methyl sites for hydroxylation is 2. The number of fused-ring (bicyclic) bond motifs is 1. The van der Waals surface area contributed by atoms with Gasteiger partial charge in [0.15, 0.2) is 0 Å². The van der Waals surface area contributed by atoms with E-state index in [1.54, 1.807) is 7.11 Å². The third-order valence-corrected chi connectivity index (χ3v) is 4.97. The molecule has 1 N–H and O–H groups in total. The number of rotatable bonds is 3. The molecule has 3 rings (SSSR count). The van der Waals surface area contributed by atoms with E-state index in [9.17, 15) is 0 Å². The largest absolute Gasteiger partial charge is 0.496 e. The van der Waals surface area contributed by atoms with Gasteiger partial charge in [-0.1, -0.05) is 24.1 Å². The molecule has 0 saturated heterocycles. The smallest absolute Gasteiger partial charge is 0.124 e. The first-order valence-electron chi connectivity index (χ1n) is 8.63. The van der Waals surface area contributed by atoms with Crippen LogP contribution in [-0.2, 0) is 0 Å². The molecule has 0 fully saturated rings. The Hall–Kier alpha value is -2.99. The molecule has 1 aliphatic heterocycles. The van der Waals surface area contributed by atoms with Crippen molar-refractivity contribution in [2.24, 2.45) is 0 Å². The number of nitrogens with one attached hydrogen (secondary N) is 1. The molecule has 0 radical (unpaired) electrons. The average molecular weight is 344 g/mol. The summed E-state index contributed by atoms with van der Waals surface area (Å²) in [7, 11) is 1.68. The van der Waals surface area contributed by atoms with Crippen molar-refractivity contribution in [1.82, 2.24) is 4.98 Å². The molecule has 0 bridgehead atoms. The molecule has 0 spiro atoms. The van der Waals surface area contributed by atoms with Crippen LogP contribution in [0, 0.1) is 26.2 Å². The molecule has 0 amide bonds. The molecular weight excluding hydrogens is 320 g/mol. The summed E-state index contributed by atoms with van der Waals surface area (Å²) in [5.74, 6) is 3.46. The van der Waals surface area contributed by atoms with Crippen LogP contribution in [0.5, 0.6) is 5.75 Å². The Morgan fingerprint density at radius 2 is 2.04 bits per heavy atom. The number of ether oxygens (including phenoxy) is 1. The Balaban J connectivity index is 2.36. The fourth-order valence-electron chi connectivity index (χ4n) is 3.77. The highest BCUT2D eigenvalue weighted by atomic mass is 16.5. The lowest BCUT2D eigenvalue weighted by atomic mass is 9.76. The maximum atomic E-state index is 5.70. The highest BCUT2D eigenvalue weighted by molar-refractivity contribution is 5.72. The highest BCUT2D eigenvalue weighted by Gasteiger charge is 2.33. The van der Waals surface area contributed by atoms with E-state index in [-0.39, 0.29) is 5.92 Å². The maximum absolute atomic E-state index is 5.70. The molecule has 1 aromatic carbocycles.